The fraction of sp³-hybridized carbons (Fsp3) is 0.259. The number of hydrogen-bond acceptors (Lipinski definition) is 4. The number of carboxylic acid groups (broad SMARTS) is 1. The maximum atomic E-state index is 13.5. The molecule has 0 aromatic heterocycles. The molecule has 5 rings (SSSR count). The van der Waals surface area contributed by atoms with Crippen molar-refractivity contribution in [2.75, 3.05) is 7.11 Å². The topological polar surface area (TPSA) is 84.9 Å². The van der Waals surface area contributed by atoms with Crippen LogP contribution in [0.15, 0.2) is 71.2 Å². The number of carbonyl (C=O) groups excluding carboxylic acids is 1. The SMILES string of the molecule is COc1ccc2c(c1)O[C@@H](c1cccc(C(=O)O)c1)C[C@H]2NC(=O)C1(c2ccc(Br)cc2)CC1. The first-order valence-corrected chi connectivity index (χ1v) is 11.9. The van der Waals surface area contributed by atoms with Crippen molar-refractivity contribution in [3.05, 3.63) is 93.5 Å². The zero-order chi connectivity index (χ0) is 23.9. The van der Waals surface area contributed by atoms with E-state index in [1.54, 1.807) is 25.3 Å². The molecular weight excluding hydrogens is 498 g/mol. The molecule has 0 spiro atoms. The number of carboxylic acids is 1. The van der Waals surface area contributed by atoms with Crippen molar-refractivity contribution < 1.29 is 24.2 Å². The van der Waals surface area contributed by atoms with Gasteiger partial charge < -0.3 is 19.9 Å². The van der Waals surface area contributed by atoms with Crippen LogP contribution < -0.4 is 14.8 Å². The summed E-state index contributed by atoms with van der Waals surface area (Å²) in [6.07, 6.45) is 1.70. The first-order chi connectivity index (χ1) is 16.4. The van der Waals surface area contributed by atoms with Crippen molar-refractivity contribution in [2.24, 2.45) is 0 Å². The van der Waals surface area contributed by atoms with Crippen molar-refractivity contribution in [3.63, 3.8) is 0 Å². The summed E-state index contributed by atoms with van der Waals surface area (Å²) in [4.78, 5) is 25.0. The predicted octanol–water partition coefficient (Wildman–Crippen LogP) is 5.57. The van der Waals surface area contributed by atoms with Gasteiger partial charge in [-0.2, -0.15) is 0 Å². The van der Waals surface area contributed by atoms with E-state index in [0.717, 1.165) is 34.0 Å². The standard InChI is InChI=1S/C27H24BrNO5/c1-33-20-9-10-21-22(29-26(32)27(11-12-27)18-5-7-19(28)8-6-18)15-23(34-24(21)14-20)16-3-2-4-17(13-16)25(30)31/h2-10,13-14,22-23H,11-12,15H2,1H3,(H,29,32)(H,30,31)/t22-,23-/m1/s1. The number of nitrogens with one attached hydrogen (secondary N) is 1. The van der Waals surface area contributed by atoms with E-state index in [0.29, 0.717) is 17.9 Å². The van der Waals surface area contributed by atoms with Gasteiger partial charge in [0.05, 0.1) is 24.1 Å². The Kier molecular flexibility index (Phi) is 5.81. The smallest absolute Gasteiger partial charge is 0.335 e. The van der Waals surface area contributed by atoms with E-state index in [1.807, 2.05) is 48.5 Å². The molecule has 2 atom stereocenters. The summed E-state index contributed by atoms with van der Waals surface area (Å²) in [6, 6.07) is 20.0. The van der Waals surface area contributed by atoms with Gasteiger partial charge >= 0.3 is 5.97 Å². The largest absolute Gasteiger partial charge is 0.497 e. The number of methoxy groups -OCH3 is 1. The second-order valence-corrected chi connectivity index (χ2v) is 9.71. The molecule has 174 valence electrons. The summed E-state index contributed by atoms with van der Waals surface area (Å²) in [6.45, 7) is 0. The summed E-state index contributed by atoms with van der Waals surface area (Å²) >= 11 is 3.46. The summed E-state index contributed by atoms with van der Waals surface area (Å²) in [5, 5.41) is 12.7. The third-order valence-corrected chi connectivity index (χ3v) is 7.24. The van der Waals surface area contributed by atoms with Crippen molar-refractivity contribution in [3.8, 4) is 11.5 Å². The normalized spacial score (nSPS) is 19.9. The Hall–Kier alpha value is -3.32. The number of benzene rings is 3. The molecule has 34 heavy (non-hydrogen) atoms. The van der Waals surface area contributed by atoms with Crippen molar-refractivity contribution in [2.45, 2.75) is 36.8 Å². The molecule has 2 N–H and O–H groups in total. The Balaban J connectivity index is 1.46. The Morgan fingerprint density at radius 1 is 1.09 bits per heavy atom. The lowest BCUT2D eigenvalue weighted by molar-refractivity contribution is -0.124. The first-order valence-electron chi connectivity index (χ1n) is 11.1. The molecule has 1 saturated carbocycles. The molecule has 3 aromatic carbocycles. The van der Waals surface area contributed by atoms with Crippen molar-refractivity contribution >= 4 is 27.8 Å². The van der Waals surface area contributed by atoms with E-state index >= 15 is 0 Å². The molecule has 0 saturated heterocycles. The maximum Gasteiger partial charge on any atom is 0.335 e. The van der Waals surface area contributed by atoms with Crippen LogP contribution in [0.1, 0.15) is 58.5 Å². The van der Waals surface area contributed by atoms with Crippen molar-refractivity contribution in [1.82, 2.24) is 5.32 Å². The van der Waals surface area contributed by atoms with E-state index in [-0.39, 0.29) is 17.5 Å². The Morgan fingerprint density at radius 2 is 1.85 bits per heavy atom. The fourth-order valence-corrected chi connectivity index (χ4v) is 4.89. The highest BCUT2D eigenvalue weighted by atomic mass is 79.9. The molecule has 0 unspecified atom stereocenters. The number of rotatable bonds is 6. The maximum absolute atomic E-state index is 13.5. The molecule has 7 heteroatoms. The van der Waals surface area contributed by atoms with E-state index in [2.05, 4.69) is 21.2 Å². The van der Waals surface area contributed by atoms with E-state index < -0.39 is 17.5 Å². The number of amides is 1. The molecule has 1 aliphatic heterocycles. The third kappa shape index (κ3) is 4.16. The minimum Gasteiger partial charge on any atom is -0.497 e. The average Bonchev–Trinajstić information content (AvgIpc) is 3.66. The van der Waals surface area contributed by atoms with Crippen LogP contribution in [0, 0.1) is 0 Å². The molecule has 3 aromatic rings. The predicted molar refractivity (Wildman–Crippen MR) is 130 cm³/mol. The highest BCUT2D eigenvalue weighted by Gasteiger charge is 2.52. The van der Waals surface area contributed by atoms with Gasteiger partial charge in [0.15, 0.2) is 0 Å². The van der Waals surface area contributed by atoms with Crippen LogP contribution >= 0.6 is 15.9 Å². The summed E-state index contributed by atoms with van der Waals surface area (Å²) in [7, 11) is 1.59. The molecule has 1 heterocycles. The summed E-state index contributed by atoms with van der Waals surface area (Å²) in [5.74, 6) is 0.281. The highest BCUT2D eigenvalue weighted by molar-refractivity contribution is 9.10. The van der Waals surface area contributed by atoms with Gasteiger partial charge in [-0.1, -0.05) is 40.2 Å². The van der Waals surface area contributed by atoms with Gasteiger partial charge in [-0.05, 0) is 60.4 Å². The fourth-order valence-electron chi connectivity index (χ4n) is 4.62. The van der Waals surface area contributed by atoms with E-state index in [4.69, 9.17) is 9.47 Å². The van der Waals surface area contributed by atoms with Crippen LogP contribution in [0.4, 0.5) is 0 Å². The lowest BCUT2D eigenvalue weighted by Crippen LogP contribution is -2.39. The molecule has 0 bridgehead atoms. The van der Waals surface area contributed by atoms with E-state index in [9.17, 15) is 14.7 Å². The molecule has 2 aliphatic rings. The van der Waals surface area contributed by atoms with Gasteiger partial charge in [0, 0.05) is 22.5 Å². The lowest BCUT2D eigenvalue weighted by atomic mass is 9.90. The molecule has 0 radical (unpaired) electrons. The Labute approximate surface area is 206 Å². The lowest BCUT2D eigenvalue weighted by Gasteiger charge is -2.34. The zero-order valence-electron chi connectivity index (χ0n) is 18.6. The van der Waals surface area contributed by atoms with Gasteiger partial charge in [-0.25, -0.2) is 4.79 Å². The Morgan fingerprint density at radius 3 is 2.53 bits per heavy atom. The van der Waals surface area contributed by atoms with E-state index in [1.165, 1.54) is 0 Å². The summed E-state index contributed by atoms with van der Waals surface area (Å²) in [5.41, 5.74) is 2.34. The number of ether oxygens (including phenoxy) is 2. The van der Waals surface area contributed by atoms with Crippen LogP contribution in [0.2, 0.25) is 0 Å². The van der Waals surface area contributed by atoms with Crippen LogP contribution in [-0.2, 0) is 10.2 Å². The van der Waals surface area contributed by atoms with Gasteiger partial charge in [-0.15, -0.1) is 0 Å². The second-order valence-electron chi connectivity index (χ2n) is 8.79. The highest BCUT2D eigenvalue weighted by Crippen LogP contribution is 2.50. The summed E-state index contributed by atoms with van der Waals surface area (Å²) < 4.78 is 12.6. The first kappa shape index (κ1) is 22.5. The minimum atomic E-state index is -0.991. The molecule has 1 amide bonds. The van der Waals surface area contributed by atoms with Crippen LogP contribution in [0.3, 0.4) is 0 Å². The number of aromatic carboxylic acids is 1. The monoisotopic (exact) mass is 521 g/mol. The van der Waals surface area contributed by atoms with Gasteiger partial charge in [-0.3, -0.25) is 4.79 Å². The Bertz CT molecular complexity index is 1250. The molecule has 1 aliphatic carbocycles. The average molecular weight is 522 g/mol. The molecule has 6 nitrogen and oxygen atoms in total. The third-order valence-electron chi connectivity index (χ3n) is 6.71. The van der Waals surface area contributed by atoms with Gasteiger partial charge in [0.2, 0.25) is 5.91 Å². The number of halogens is 1. The zero-order valence-corrected chi connectivity index (χ0v) is 20.2. The van der Waals surface area contributed by atoms with Crippen LogP contribution in [-0.4, -0.2) is 24.1 Å². The quantitative estimate of drug-likeness (QED) is 0.443. The van der Waals surface area contributed by atoms with Crippen molar-refractivity contribution in [1.29, 1.82) is 0 Å². The minimum absolute atomic E-state index is 0.00141. The van der Waals surface area contributed by atoms with Crippen LogP contribution in [0.25, 0.3) is 0 Å². The molecular formula is C27H24BrNO5. The van der Waals surface area contributed by atoms with Crippen LogP contribution in [0.5, 0.6) is 11.5 Å². The number of carbonyl (C=O) groups is 2. The molecule has 1 fully saturated rings. The number of hydrogen-bond donors (Lipinski definition) is 2. The van der Waals surface area contributed by atoms with Gasteiger partial charge in [0.25, 0.3) is 0 Å². The van der Waals surface area contributed by atoms with Gasteiger partial charge in [0.1, 0.15) is 17.6 Å². The number of fused-ring (bicyclic) bond motifs is 1. The second kappa shape index (κ2) is 8.80.